The van der Waals surface area contributed by atoms with E-state index in [0.29, 0.717) is 24.7 Å². The van der Waals surface area contributed by atoms with Crippen LogP contribution in [0.25, 0.3) is 6.08 Å². The molecular formula is C36H56O8. The predicted molar refractivity (Wildman–Crippen MR) is 172 cm³/mol. The molecule has 0 bridgehead atoms. The number of rotatable bonds is 19. The molecule has 1 aliphatic heterocycles. The zero-order chi connectivity index (χ0) is 32.2. The van der Waals surface area contributed by atoms with Crippen LogP contribution in [0.5, 0.6) is 5.75 Å². The van der Waals surface area contributed by atoms with Crippen molar-refractivity contribution in [2.45, 2.75) is 117 Å². The highest BCUT2D eigenvalue weighted by molar-refractivity contribution is 5.87. The summed E-state index contributed by atoms with van der Waals surface area (Å²) in [5.74, 6) is 0.493. The summed E-state index contributed by atoms with van der Waals surface area (Å²) < 4.78 is 26.6. The maximum Gasteiger partial charge on any atom is 0.330 e. The van der Waals surface area contributed by atoms with Crippen molar-refractivity contribution >= 4 is 24.0 Å². The number of carbonyl (C=O) groups is 3. The number of benzene rings is 1. The van der Waals surface area contributed by atoms with E-state index in [1.165, 1.54) is 38.2 Å². The third-order valence-electron chi connectivity index (χ3n) is 8.23. The molecule has 2 fully saturated rings. The molecule has 0 spiro atoms. The number of hydrogen-bond acceptors (Lipinski definition) is 8. The lowest BCUT2D eigenvalue weighted by molar-refractivity contribution is -0.152. The lowest BCUT2D eigenvalue weighted by Gasteiger charge is -2.19. The van der Waals surface area contributed by atoms with Crippen molar-refractivity contribution in [2.75, 3.05) is 26.4 Å². The van der Waals surface area contributed by atoms with Crippen molar-refractivity contribution in [2.24, 2.45) is 17.8 Å². The maximum absolute atomic E-state index is 11.7. The van der Waals surface area contributed by atoms with E-state index in [9.17, 15) is 14.4 Å². The molecule has 44 heavy (non-hydrogen) atoms. The third kappa shape index (κ3) is 15.7. The van der Waals surface area contributed by atoms with Crippen molar-refractivity contribution in [1.82, 2.24) is 0 Å². The van der Waals surface area contributed by atoms with Gasteiger partial charge in [0, 0.05) is 6.08 Å². The highest BCUT2D eigenvalue weighted by Gasteiger charge is 2.44. The summed E-state index contributed by atoms with van der Waals surface area (Å²) in [4.78, 5) is 34.7. The predicted octanol–water partition coefficient (Wildman–Crippen LogP) is 7.71. The van der Waals surface area contributed by atoms with Crippen LogP contribution in [-0.4, -0.2) is 56.5 Å². The van der Waals surface area contributed by atoms with E-state index < -0.39 is 5.97 Å². The van der Waals surface area contributed by atoms with Crippen LogP contribution >= 0.6 is 0 Å². The van der Waals surface area contributed by atoms with Crippen molar-refractivity contribution < 1.29 is 38.1 Å². The Morgan fingerprint density at radius 3 is 2.09 bits per heavy atom. The Labute approximate surface area is 265 Å². The number of ether oxygens (including phenoxy) is 5. The van der Waals surface area contributed by atoms with Crippen LogP contribution in [0, 0.1) is 17.8 Å². The summed E-state index contributed by atoms with van der Waals surface area (Å²) in [6, 6.07) is 7.59. The molecule has 1 aromatic carbocycles. The standard InChI is InChI=1S/C24H36O5.C12H20O3/c1-4-6-7-8-9-10-17-27-22-14-11-21(12-15-22)13-16-23(25)28-18-19-29-24(26)20(3)5-2;1-3-8(2)12(13)14-7-9-4-5-10-11(6-9)15-10/h11-16,20H,4-10,17-19H2,1-3H3;8-11H,3-7H2,1-2H3/b16-13+;. The van der Waals surface area contributed by atoms with Gasteiger partial charge in [-0.3, -0.25) is 9.59 Å². The van der Waals surface area contributed by atoms with Crippen LogP contribution in [0.15, 0.2) is 30.3 Å². The molecular weight excluding hydrogens is 560 g/mol. The molecule has 1 heterocycles. The Kier molecular flexibility index (Phi) is 18.5. The Hall–Kier alpha value is -2.87. The molecule has 3 rings (SSSR count). The summed E-state index contributed by atoms with van der Waals surface area (Å²) in [5, 5.41) is 0. The second-order valence-electron chi connectivity index (χ2n) is 12.0. The van der Waals surface area contributed by atoms with Gasteiger partial charge < -0.3 is 23.7 Å². The van der Waals surface area contributed by atoms with Gasteiger partial charge in [0.25, 0.3) is 0 Å². The molecule has 1 aromatic rings. The van der Waals surface area contributed by atoms with Crippen molar-refractivity contribution in [3.8, 4) is 5.75 Å². The van der Waals surface area contributed by atoms with E-state index in [4.69, 9.17) is 23.7 Å². The Balaban J connectivity index is 0.000000373. The van der Waals surface area contributed by atoms with Crippen LogP contribution in [-0.2, 0) is 33.3 Å². The molecule has 0 N–H and O–H groups in total. The summed E-state index contributed by atoms with van der Waals surface area (Å²) in [7, 11) is 0. The summed E-state index contributed by atoms with van der Waals surface area (Å²) >= 11 is 0. The van der Waals surface area contributed by atoms with E-state index in [2.05, 4.69) is 6.92 Å². The Morgan fingerprint density at radius 2 is 1.43 bits per heavy atom. The first-order valence-electron chi connectivity index (χ1n) is 16.8. The molecule has 1 aliphatic carbocycles. The van der Waals surface area contributed by atoms with Crippen molar-refractivity contribution in [1.29, 1.82) is 0 Å². The first-order valence-corrected chi connectivity index (χ1v) is 16.8. The third-order valence-corrected chi connectivity index (χ3v) is 8.23. The largest absolute Gasteiger partial charge is 0.494 e. The maximum atomic E-state index is 11.7. The SMILES string of the molecule is CCC(C)C(=O)OCC1CCC2OC2C1.CCCCCCCCOc1ccc(/C=C/C(=O)OCCOC(=O)C(C)CC)cc1. The fraction of sp³-hybridized carbons (Fsp3) is 0.694. The number of carbonyl (C=O) groups excluding carboxylic acids is 3. The minimum Gasteiger partial charge on any atom is -0.494 e. The number of unbranched alkanes of at least 4 members (excludes halogenated alkanes) is 5. The minimum absolute atomic E-state index is 0.0403. The molecule has 8 nitrogen and oxygen atoms in total. The van der Waals surface area contributed by atoms with Crippen LogP contribution < -0.4 is 4.74 Å². The van der Waals surface area contributed by atoms with Gasteiger partial charge in [0.05, 0.1) is 37.3 Å². The fourth-order valence-corrected chi connectivity index (χ4v) is 4.70. The van der Waals surface area contributed by atoms with Gasteiger partial charge in [-0.25, -0.2) is 4.79 Å². The van der Waals surface area contributed by atoms with Gasteiger partial charge in [0.1, 0.15) is 19.0 Å². The van der Waals surface area contributed by atoms with E-state index in [0.717, 1.165) is 56.4 Å². The molecule has 8 heteroatoms. The molecule has 0 radical (unpaired) electrons. The van der Waals surface area contributed by atoms with Crippen LogP contribution in [0.3, 0.4) is 0 Å². The number of fused-ring (bicyclic) bond motifs is 1. The van der Waals surface area contributed by atoms with Gasteiger partial charge in [-0.2, -0.15) is 0 Å². The van der Waals surface area contributed by atoms with Gasteiger partial charge >= 0.3 is 17.9 Å². The van der Waals surface area contributed by atoms with Crippen molar-refractivity contribution in [3.63, 3.8) is 0 Å². The minimum atomic E-state index is -0.465. The summed E-state index contributed by atoms with van der Waals surface area (Å²) in [6.07, 6.45) is 16.5. The smallest absolute Gasteiger partial charge is 0.330 e. The Bertz CT molecular complexity index is 988. The molecule has 1 saturated heterocycles. The van der Waals surface area contributed by atoms with Crippen LogP contribution in [0.2, 0.25) is 0 Å². The van der Waals surface area contributed by atoms with E-state index >= 15 is 0 Å². The molecule has 248 valence electrons. The first kappa shape index (κ1) is 37.3. The number of esters is 3. The monoisotopic (exact) mass is 616 g/mol. The molecule has 2 aliphatic rings. The fourth-order valence-electron chi connectivity index (χ4n) is 4.70. The average Bonchev–Trinajstić information content (AvgIpc) is 3.83. The lowest BCUT2D eigenvalue weighted by Crippen LogP contribution is -2.22. The van der Waals surface area contributed by atoms with Gasteiger partial charge in [0.15, 0.2) is 0 Å². The highest BCUT2D eigenvalue weighted by atomic mass is 16.6. The zero-order valence-corrected chi connectivity index (χ0v) is 27.7. The van der Waals surface area contributed by atoms with Gasteiger partial charge in [-0.05, 0) is 68.2 Å². The molecule has 5 atom stereocenters. The quantitative estimate of drug-likeness (QED) is 0.0512. The highest BCUT2D eigenvalue weighted by Crippen LogP contribution is 2.39. The summed E-state index contributed by atoms with van der Waals surface area (Å²) in [6.45, 7) is 11.3. The van der Waals surface area contributed by atoms with Crippen molar-refractivity contribution in [3.05, 3.63) is 35.9 Å². The van der Waals surface area contributed by atoms with Gasteiger partial charge in [-0.1, -0.05) is 78.9 Å². The molecule has 5 unspecified atom stereocenters. The van der Waals surface area contributed by atoms with E-state index in [1.54, 1.807) is 6.08 Å². The van der Waals surface area contributed by atoms with Crippen LogP contribution in [0.1, 0.15) is 111 Å². The number of hydrogen-bond donors (Lipinski definition) is 0. The molecule has 1 saturated carbocycles. The summed E-state index contributed by atoms with van der Waals surface area (Å²) in [5.41, 5.74) is 0.886. The normalized spacial score (nSPS) is 20.0. The van der Waals surface area contributed by atoms with Crippen LogP contribution in [0.4, 0.5) is 0 Å². The van der Waals surface area contributed by atoms with Gasteiger partial charge in [0.2, 0.25) is 0 Å². The van der Waals surface area contributed by atoms with E-state index in [1.807, 2.05) is 52.0 Å². The second kappa shape index (κ2) is 21.8. The molecule has 0 amide bonds. The Morgan fingerprint density at radius 1 is 0.795 bits per heavy atom. The van der Waals surface area contributed by atoms with E-state index in [-0.39, 0.29) is 37.0 Å². The zero-order valence-electron chi connectivity index (χ0n) is 27.7. The molecule has 0 aromatic heterocycles. The first-order chi connectivity index (χ1) is 21.3. The number of epoxide rings is 1. The second-order valence-corrected chi connectivity index (χ2v) is 12.0. The topological polar surface area (TPSA) is 101 Å². The van der Waals surface area contributed by atoms with Gasteiger partial charge in [-0.15, -0.1) is 0 Å². The lowest BCUT2D eigenvalue weighted by atomic mass is 9.90. The average molecular weight is 617 g/mol.